The number of anilines is 1. The Morgan fingerprint density at radius 2 is 2.04 bits per heavy atom. The number of aryl methyl sites for hydroxylation is 1. The van der Waals surface area contributed by atoms with Crippen LogP contribution in [0.2, 0.25) is 5.02 Å². The van der Waals surface area contributed by atoms with Gasteiger partial charge in [0.25, 0.3) is 5.91 Å². The number of hydrogen-bond acceptors (Lipinski definition) is 5. The van der Waals surface area contributed by atoms with Gasteiger partial charge in [0.2, 0.25) is 0 Å². The molecule has 0 aliphatic heterocycles. The number of fused-ring (bicyclic) bond motifs is 1. The van der Waals surface area contributed by atoms with Crippen LogP contribution in [0.25, 0.3) is 20.9 Å². The molecule has 0 bridgehead atoms. The predicted molar refractivity (Wildman–Crippen MR) is 114 cm³/mol. The highest BCUT2D eigenvalue weighted by atomic mass is 35.5. The lowest BCUT2D eigenvalue weighted by Gasteiger charge is -2.12. The van der Waals surface area contributed by atoms with Crippen LogP contribution in [0.4, 0.5) is 5.69 Å². The van der Waals surface area contributed by atoms with E-state index in [-0.39, 0.29) is 5.91 Å². The van der Waals surface area contributed by atoms with Crippen molar-refractivity contribution in [3.05, 3.63) is 70.9 Å². The molecular formula is C21H16ClN3O2S. The van der Waals surface area contributed by atoms with Crippen molar-refractivity contribution < 1.29 is 9.53 Å². The first-order valence-corrected chi connectivity index (χ1v) is 9.72. The lowest BCUT2D eigenvalue weighted by atomic mass is 10.1. The number of pyridine rings is 1. The molecule has 0 aliphatic carbocycles. The smallest absolute Gasteiger partial charge is 0.259 e. The van der Waals surface area contributed by atoms with Gasteiger partial charge in [0.15, 0.2) is 0 Å². The van der Waals surface area contributed by atoms with Crippen molar-refractivity contribution in [3.63, 3.8) is 0 Å². The van der Waals surface area contributed by atoms with Crippen molar-refractivity contribution in [2.45, 2.75) is 6.92 Å². The zero-order valence-corrected chi connectivity index (χ0v) is 16.8. The summed E-state index contributed by atoms with van der Waals surface area (Å²) in [7, 11) is 1.52. The van der Waals surface area contributed by atoms with Gasteiger partial charge in [0, 0.05) is 22.5 Å². The molecule has 2 aromatic carbocycles. The van der Waals surface area contributed by atoms with Crippen molar-refractivity contribution in [2.75, 3.05) is 12.4 Å². The summed E-state index contributed by atoms with van der Waals surface area (Å²) < 4.78 is 5.26. The Hall–Kier alpha value is -2.96. The van der Waals surface area contributed by atoms with Crippen LogP contribution in [0.5, 0.6) is 5.75 Å². The van der Waals surface area contributed by atoms with E-state index in [1.54, 1.807) is 35.7 Å². The maximum Gasteiger partial charge on any atom is 0.259 e. The molecule has 0 fully saturated rings. The zero-order chi connectivity index (χ0) is 19.7. The van der Waals surface area contributed by atoms with Crippen LogP contribution in [0.15, 0.2) is 54.7 Å². The van der Waals surface area contributed by atoms with Gasteiger partial charge in [-0.05, 0) is 61.0 Å². The van der Waals surface area contributed by atoms with Crippen molar-refractivity contribution >= 4 is 44.9 Å². The van der Waals surface area contributed by atoms with Gasteiger partial charge in [0.05, 0.1) is 12.7 Å². The van der Waals surface area contributed by atoms with Gasteiger partial charge in [0.1, 0.15) is 21.1 Å². The number of halogens is 1. The summed E-state index contributed by atoms with van der Waals surface area (Å²) >= 11 is 7.57. The summed E-state index contributed by atoms with van der Waals surface area (Å²) in [6.45, 7) is 1.94. The highest BCUT2D eigenvalue weighted by molar-refractivity contribution is 7.21. The van der Waals surface area contributed by atoms with Crippen LogP contribution in [0.3, 0.4) is 0 Å². The van der Waals surface area contributed by atoms with E-state index in [0.29, 0.717) is 16.3 Å². The monoisotopic (exact) mass is 409 g/mol. The Morgan fingerprint density at radius 1 is 1.18 bits per heavy atom. The lowest BCUT2D eigenvalue weighted by Crippen LogP contribution is -2.14. The topological polar surface area (TPSA) is 64.1 Å². The SMILES string of the molecule is COc1ccc(Cl)cc1C(=O)Nc1ccc(-c2nc3cccnc3s2)cc1C. The largest absolute Gasteiger partial charge is 0.496 e. The van der Waals surface area contributed by atoms with E-state index < -0.39 is 0 Å². The van der Waals surface area contributed by atoms with Crippen molar-refractivity contribution in [2.24, 2.45) is 0 Å². The second-order valence-electron chi connectivity index (χ2n) is 6.18. The van der Waals surface area contributed by atoms with Crippen LogP contribution < -0.4 is 10.1 Å². The molecule has 0 atom stereocenters. The lowest BCUT2D eigenvalue weighted by molar-refractivity contribution is 0.102. The van der Waals surface area contributed by atoms with Gasteiger partial charge in [-0.25, -0.2) is 9.97 Å². The molecule has 0 radical (unpaired) electrons. The maximum atomic E-state index is 12.7. The molecule has 2 aromatic heterocycles. The first-order chi connectivity index (χ1) is 13.5. The summed E-state index contributed by atoms with van der Waals surface area (Å²) in [6.07, 6.45) is 1.76. The van der Waals surface area contributed by atoms with Crippen LogP contribution in [0.1, 0.15) is 15.9 Å². The molecule has 2 heterocycles. The summed E-state index contributed by atoms with van der Waals surface area (Å²) in [4.78, 5) is 22.6. The van der Waals surface area contributed by atoms with Crippen LogP contribution >= 0.6 is 22.9 Å². The van der Waals surface area contributed by atoms with Gasteiger partial charge in [-0.2, -0.15) is 0 Å². The molecule has 5 nitrogen and oxygen atoms in total. The van der Waals surface area contributed by atoms with Crippen LogP contribution in [0, 0.1) is 6.92 Å². The quantitative estimate of drug-likeness (QED) is 0.477. The second kappa shape index (κ2) is 7.58. The number of hydrogen-bond donors (Lipinski definition) is 1. The zero-order valence-electron chi connectivity index (χ0n) is 15.2. The number of rotatable bonds is 4. The molecule has 1 N–H and O–H groups in total. The molecule has 0 unspecified atom stereocenters. The van der Waals surface area contributed by atoms with E-state index in [1.807, 2.05) is 37.3 Å². The standard InChI is InChI=1S/C21H16ClN3O2S/c1-12-10-13(20-25-17-4-3-9-23-21(17)28-20)5-7-16(12)24-19(26)15-11-14(22)6-8-18(15)27-2/h3-11H,1-2H3,(H,24,26). The van der Waals surface area contributed by atoms with E-state index in [9.17, 15) is 4.79 Å². The highest BCUT2D eigenvalue weighted by Crippen LogP contribution is 2.31. The molecule has 7 heteroatoms. The highest BCUT2D eigenvalue weighted by Gasteiger charge is 2.15. The van der Waals surface area contributed by atoms with E-state index in [4.69, 9.17) is 16.3 Å². The third-order valence-electron chi connectivity index (χ3n) is 4.29. The third-order valence-corrected chi connectivity index (χ3v) is 5.56. The number of benzene rings is 2. The summed E-state index contributed by atoms with van der Waals surface area (Å²) in [5.41, 5.74) is 3.90. The molecule has 140 valence electrons. The summed E-state index contributed by atoms with van der Waals surface area (Å²) in [6, 6.07) is 14.6. The number of aromatic nitrogens is 2. The third kappa shape index (κ3) is 3.56. The molecule has 0 saturated heterocycles. The van der Waals surface area contributed by atoms with E-state index in [1.165, 1.54) is 7.11 Å². The Bertz CT molecular complexity index is 1160. The normalized spacial score (nSPS) is 10.8. The van der Waals surface area contributed by atoms with Gasteiger partial charge in [-0.3, -0.25) is 4.79 Å². The fourth-order valence-corrected chi connectivity index (χ4v) is 3.95. The number of nitrogens with zero attached hydrogens (tertiary/aromatic N) is 2. The van der Waals surface area contributed by atoms with E-state index in [2.05, 4.69) is 15.3 Å². The summed E-state index contributed by atoms with van der Waals surface area (Å²) in [5, 5.41) is 4.30. The van der Waals surface area contributed by atoms with Crippen molar-refractivity contribution in [1.29, 1.82) is 0 Å². The first-order valence-electron chi connectivity index (χ1n) is 8.52. The van der Waals surface area contributed by atoms with E-state index in [0.717, 1.165) is 32.2 Å². The second-order valence-corrected chi connectivity index (χ2v) is 7.59. The molecular weight excluding hydrogens is 394 g/mol. The number of carbonyl (C=O) groups excluding carboxylic acids is 1. The molecule has 4 aromatic rings. The van der Waals surface area contributed by atoms with Crippen molar-refractivity contribution in [3.8, 4) is 16.3 Å². The minimum Gasteiger partial charge on any atom is -0.496 e. The van der Waals surface area contributed by atoms with Crippen molar-refractivity contribution in [1.82, 2.24) is 9.97 Å². The minimum absolute atomic E-state index is 0.278. The molecule has 0 aliphatic rings. The molecule has 1 amide bonds. The minimum atomic E-state index is -0.278. The van der Waals surface area contributed by atoms with Gasteiger partial charge in [-0.1, -0.05) is 22.9 Å². The van der Waals surface area contributed by atoms with Crippen LogP contribution in [-0.4, -0.2) is 23.0 Å². The fourth-order valence-electron chi connectivity index (χ4n) is 2.88. The molecule has 0 saturated carbocycles. The number of nitrogens with one attached hydrogen (secondary N) is 1. The van der Waals surface area contributed by atoms with Gasteiger partial charge in [-0.15, -0.1) is 0 Å². The Labute approximate surface area is 171 Å². The number of carbonyl (C=O) groups is 1. The Morgan fingerprint density at radius 3 is 2.79 bits per heavy atom. The molecule has 28 heavy (non-hydrogen) atoms. The number of amides is 1. The molecule has 4 rings (SSSR count). The number of thiazole rings is 1. The maximum absolute atomic E-state index is 12.7. The average Bonchev–Trinajstić information content (AvgIpc) is 3.13. The molecule has 0 spiro atoms. The fraction of sp³-hybridized carbons (Fsp3) is 0.0952. The van der Waals surface area contributed by atoms with Gasteiger partial charge < -0.3 is 10.1 Å². The number of methoxy groups -OCH3 is 1. The first kappa shape index (κ1) is 18.4. The Kier molecular flexibility index (Phi) is 4.98. The average molecular weight is 410 g/mol. The summed E-state index contributed by atoms with van der Waals surface area (Å²) in [5.74, 6) is 0.192. The van der Waals surface area contributed by atoms with Crippen LogP contribution in [-0.2, 0) is 0 Å². The number of ether oxygens (including phenoxy) is 1. The van der Waals surface area contributed by atoms with Gasteiger partial charge >= 0.3 is 0 Å². The Balaban J connectivity index is 1.61. The van der Waals surface area contributed by atoms with E-state index >= 15 is 0 Å². The predicted octanol–water partition coefficient (Wildman–Crippen LogP) is 5.58.